The maximum atomic E-state index is 12.2. The molecule has 2 aromatic rings. The van der Waals surface area contributed by atoms with Crippen LogP contribution in [0.3, 0.4) is 0 Å². The third-order valence-electron chi connectivity index (χ3n) is 3.64. The topological polar surface area (TPSA) is 47.6 Å². The Morgan fingerprint density at radius 2 is 1.62 bits per heavy atom. The molecule has 0 radical (unpaired) electrons. The van der Waals surface area contributed by atoms with Gasteiger partial charge in [0.05, 0.1) is 13.2 Å². The van der Waals surface area contributed by atoms with Crippen molar-refractivity contribution in [1.29, 1.82) is 0 Å². The van der Waals surface area contributed by atoms with Crippen LogP contribution < -0.4 is 14.8 Å². The van der Waals surface area contributed by atoms with Crippen molar-refractivity contribution in [3.05, 3.63) is 59.1 Å². The summed E-state index contributed by atoms with van der Waals surface area (Å²) in [6.07, 6.45) is 0. The number of carbonyl (C=O) groups is 1. The van der Waals surface area contributed by atoms with E-state index in [1.54, 1.807) is 31.4 Å². The van der Waals surface area contributed by atoms with Crippen LogP contribution in [0, 0.1) is 5.92 Å². The summed E-state index contributed by atoms with van der Waals surface area (Å²) < 4.78 is 10.7. The monoisotopic (exact) mass is 347 g/mol. The van der Waals surface area contributed by atoms with Crippen LogP contribution in [-0.4, -0.2) is 19.6 Å². The van der Waals surface area contributed by atoms with Crippen LogP contribution in [0.25, 0.3) is 0 Å². The van der Waals surface area contributed by atoms with Crippen LogP contribution >= 0.6 is 11.6 Å². The molecule has 2 rings (SSSR count). The van der Waals surface area contributed by atoms with Crippen molar-refractivity contribution < 1.29 is 14.3 Å². The molecule has 0 fully saturated rings. The molecule has 0 aliphatic rings. The fraction of sp³-hybridized carbons (Fsp3) is 0.316. The second-order valence-electron chi connectivity index (χ2n) is 5.80. The summed E-state index contributed by atoms with van der Waals surface area (Å²) in [5.74, 6) is 1.48. The predicted molar refractivity (Wildman–Crippen MR) is 95.7 cm³/mol. The first-order valence-corrected chi connectivity index (χ1v) is 8.19. The van der Waals surface area contributed by atoms with E-state index < -0.39 is 0 Å². The summed E-state index contributed by atoms with van der Waals surface area (Å²) in [6, 6.07) is 14.5. The first kappa shape index (κ1) is 18.1. The van der Waals surface area contributed by atoms with E-state index >= 15 is 0 Å². The molecule has 128 valence electrons. The quantitative estimate of drug-likeness (QED) is 0.814. The minimum absolute atomic E-state index is 0.0407. The number of ether oxygens (including phenoxy) is 2. The SMILES string of the molecule is COc1ccc([C@H](NC(=O)COc2ccc(Cl)cc2)C(C)C)cc1. The second kappa shape index (κ2) is 8.60. The van der Waals surface area contributed by atoms with E-state index in [4.69, 9.17) is 21.1 Å². The van der Waals surface area contributed by atoms with Gasteiger partial charge in [0.1, 0.15) is 11.5 Å². The lowest BCUT2D eigenvalue weighted by Crippen LogP contribution is -2.35. The lowest BCUT2D eigenvalue weighted by molar-refractivity contribution is -0.124. The lowest BCUT2D eigenvalue weighted by Gasteiger charge is -2.23. The standard InChI is InChI=1S/C19H22ClNO3/c1-13(2)19(14-4-8-16(23-3)9-5-14)21-18(22)12-24-17-10-6-15(20)7-11-17/h4-11,13,19H,12H2,1-3H3,(H,21,22)/t19-/m1/s1. The number of hydrogen-bond acceptors (Lipinski definition) is 3. The van der Waals surface area contributed by atoms with Crippen LogP contribution in [-0.2, 0) is 4.79 Å². The van der Waals surface area contributed by atoms with E-state index in [1.165, 1.54) is 0 Å². The molecule has 0 bridgehead atoms. The Morgan fingerprint density at radius 3 is 2.17 bits per heavy atom. The third-order valence-corrected chi connectivity index (χ3v) is 3.89. The van der Waals surface area contributed by atoms with Gasteiger partial charge in [0.2, 0.25) is 0 Å². The fourth-order valence-electron chi connectivity index (χ4n) is 2.34. The summed E-state index contributed by atoms with van der Waals surface area (Å²) in [6.45, 7) is 4.09. The van der Waals surface area contributed by atoms with Gasteiger partial charge in [-0.2, -0.15) is 0 Å². The molecule has 4 nitrogen and oxygen atoms in total. The van der Waals surface area contributed by atoms with Gasteiger partial charge >= 0.3 is 0 Å². The Bertz CT molecular complexity index is 653. The molecular weight excluding hydrogens is 326 g/mol. The van der Waals surface area contributed by atoms with Crippen molar-refractivity contribution in [2.45, 2.75) is 19.9 Å². The molecule has 5 heteroatoms. The minimum atomic E-state index is -0.167. The van der Waals surface area contributed by atoms with Crippen molar-refractivity contribution in [2.75, 3.05) is 13.7 Å². The van der Waals surface area contributed by atoms with Gasteiger partial charge < -0.3 is 14.8 Å². The van der Waals surface area contributed by atoms with E-state index in [0.717, 1.165) is 11.3 Å². The zero-order chi connectivity index (χ0) is 17.5. The molecular formula is C19H22ClNO3. The number of carbonyl (C=O) groups excluding carboxylic acids is 1. The summed E-state index contributed by atoms with van der Waals surface area (Å²) in [4.78, 5) is 12.2. The van der Waals surface area contributed by atoms with E-state index in [9.17, 15) is 4.79 Å². The predicted octanol–water partition coefficient (Wildman–Crippen LogP) is 4.24. The van der Waals surface area contributed by atoms with Gasteiger partial charge in [-0.25, -0.2) is 0 Å². The number of halogens is 1. The molecule has 0 aliphatic heterocycles. The normalized spacial score (nSPS) is 11.9. The molecule has 2 aromatic carbocycles. The number of amides is 1. The maximum absolute atomic E-state index is 12.2. The highest BCUT2D eigenvalue weighted by Crippen LogP contribution is 2.24. The largest absolute Gasteiger partial charge is 0.497 e. The molecule has 24 heavy (non-hydrogen) atoms. The number of nitrogens with one attached hydrogen (secondary N) is 1. The Morgan fingerprint density at radius 1 is 1.04 bits per heavy atom. The first-order valence-electron chi connectivity index (χ1n) is 7.81. The van der Waals surface area contributed by atoms with Gasteiger partial charge in [0.25, 0.3) is 5.91 Å². The van der Waals surface area contributed by atoms with E-state index in [1.807, 2.05) is 24.3 Å². The van der Waals surface area contributed by atoms with Crippen molar-refractivity contribution >= 4 is 17.5 Å². The second-order valence-corrected chi connectivity index (χ2v) is 6.24. The highest BCUT2D eigenvalue weighted by Gasteiger charge is 2.18. The smallest absolute Gasteiger partial charge is 0.258 e. The lowest BCUT2D eigenvalue weighted by atomic mass is 9.96. The molecule has 1 N–H and O–H groups in total. The molecule has 0 saturated carbocycles. The summed E-state index contributed by atoms with van der Waals surface area (Å²) in [5, 5.41) is 3.65. The van der Waals surface area contributed by atoms with Gasteiger partial charge in [-0.1, -0.05) is 37.6 Å². The van der Waals surface area contributed by atoms with E-state index in [-0.39, 0.29) is 24.5 Å². The Kier molecular flexibility index (Phi) is 6.50. The third kappa shape index (κ3) is 5.17. The van der Waals surface area contributed by atoms with Gasteiger partial charge in [-0.3, -0.25) is 4.79 Å². The van der Waals surface area contributed by atoms with Gasteiger partial charge in [0.15, 0.2) is 6.61 Å². The molecule has 0 spiro atoms. The van der Waals surface area contributed by atoms with Crippen LogP contribution in [0.15, 0.2) is 48.5 Å². The number of methoxy groups -OCH3 is 1. The minimum Gasteiger partial charge on any atom is -0.497 e. The molecule has 0 unspecified atom stereocenters. The highest BCUT2D eigenvalue weighted by molar-refractivity contribution is 6.30. The Labute approximate surface area is 147 Å². The molecule has 1 amide bonds. The van der Waals surface area contributed by atoms with Crippen molar-refractivity contribution in [1.82, 2.24) is 5.32 Å². The molecule has 0 saturated heterocycles. The van der Waals surface area contributed by atoms with Crippen LogP contribution in [0.4, 0.5) is 0 Å². The number of benzene rings is 2. The summed E-state index contributed by atoms with van der Waals surface area (Å²) in [7, 11) is 1.63. The average molecular weight is 348 g/mol. The van der Waals surface area contributed by atoms with Crippen molar-refractivity contribution in [3.63, 3.8) is 0 Å². The highest BCUT2D eigenvalue weighted by atomic mass is 35.5. The van der Waals surface area contributed by atoms with Crippen LogP contribution in [0.2, 0.25) is 5.02 Å². The first-order chi connectivity index (χ1) is 11.5. The van der Waals surface area contributed by atoms with Crippen LogP contribution in [0.1, 0.15) is 25.5 Å². The summed E-state index contributed by atoms with van der Waals surface area (Å²) >= 11 is 5.82. The van der Waals surface area contributed by atoms with Gasteiger partial charge in [-0.15, -0.1) is 0 Å². The molecule has 1 atom stereocenters. The average Bonchev–Trinajstić information content (AvgIpc) is 2.59. The Hall–Kier alpha value is -2.20. The zero-order valence-electron chi connectivity index (χ0n) is 14.1. The molecule has 0 aromatic heterocycles. The van der Waals surface area contributed by atoms with Crippen LogP contribution in [0.5, 0.6) is 11.5 Å². The van der Waals surface area contributed by atoms with E-state index in [0.29, 0.717) is 10.8 Å². The number of hydrogen-bond donors (Lipinski definition) is 1. The van der Waals surface area contributed by atoms with Crippen molar-refractivity contribution in [2.24, 2.45) is 5.92 Å². The van der Waals surface area contributed by atoms with E-state index in [2.05, 4.69) is 19.2 Å². The Balaban J connectivity index is 1.96. The fourth-order valence-corrected chi connectivity index (χ4v) is 2.47. The maximum Gasteiger partial charge on any atom is 0.258 e. The zero-order valence-corrected chi connectivity index (χ0v) is 14.8. The molecule has 0 heterocycles. The van der Waals surface area contributed by atoms with Gasteiger partial charge in [-0.05, 0) is 47.9 Å². The van der Waals surface area contributed by atoms with Crippen molar-refractivity contribution in [3.8, 4) is 11.5 Å². The summed E-state index contributed by atoms with van der Waals surface area (Å²) in [5.41, 5.74) is 1.03. The van der Waals surface area contributed by atoms with Gasteiger partial charge in [0, 0.05) is 5.02 Å². The number of rotatable bonds is 7. The molecule has 0 aliphatic carbocycles.